The van der Waals surface area contributed by atoms with Crippen molar-refractivity contribution in [1.82, 2.24) is 9.88 Å². The molecule has 0 N–H and O–H groups in total. The van der Waals surface area contributed by atoms with E-state index in [1.807, 2.05) is 35.2 Å². The zero-order valence-electron chi connectivity index (χ0n) is 14.9. The number of carbonyl (C=O) groups is 1. The molecule has 1 aromatic heterocycles. The Labute approximate surface area is 161 Å². The number of amides is 1. The van der Waals surface area contributed by atoms with Crippen molar-refractivity contribution >= 4 is 17.2 Å². The molecule has 0 fully saturated rings. The van der Waals surface area contributed by atoms with Crippen LogP contribution in [0, 0.1) is 5.82 Å². The lowest BCUT2D eigenvalue weighted by Crippen LogP contribution is -2.36. The summed E-state index contributed by atoms with van der Waals surface area (Å²) in [7, 11) is 1.62. The molecule has 4 nitrogen and oxygen atoms in total. The van der Waals surface area contributed by atoms with Crippen LogP contribution in [0.25, 0.3) is 10.6 Å². The standard InChI is InChI=1S/C21H19FN2O2S/c1-26-15-8-6-14(7-9-15)12-20(25)24-11-10-18-19(13-24)27-21(23-18)16-4-2-3-5-17(16)22/h2-9H,10-13H2,1H3. The predicted molar refractivity (Wildman–Crippen MR) is 103 cm³/mol. The van der Waals surface area contributed by atoms with Gasteiger partial charge in [0.2, 0.25) is 5.91 Å². The molecule has 1 aliphatic rings. The van der Waals surface area contributed by atoms with Gasteiger partial charge in [-0.25, -0.2) is 9.37 Å². The molecule has 1 aliphatic heterocycles. The first-order valence-electron chi connectivity index (χ1n) is 8.78. The number of fused-ring (bicyclic) bond motifs is 1. The quantitative estimate of drug-likeness (QED) is 0.683. The van der Waals surface area contributed by atoms with E-state index < -0.39 is 0 Å². The molecule has 0 saturated heterocycles. The molecule has 27 heavy (non-hydrogen) atoms. The minimum atomic E-state index is -0.268. The van der Waals surface area contributed by atoms with Gasteiger partial charge in [-0.15, -0.1) is 11.3 Å². The highest BCUT2D eigenvalue weighted by molar-refractivity contribution is 7.15. The van der Waals surface area contributed by atoms with E-state index in [4.69, 9.17) is 4.74 Å². The van der Waals surface area contributed by atoms with E-state index in [0.717, 1.165) is 21.9 Å². The second-order valence-electron chi connectivity index (χ2n) is 6.46. The summed E-state index contributed by atoms with van der Waals surface area (Å²) in [5, 5.41) is 0.683. The Kier molecular flexibility index (Phi) is 4.90. The fourth-order valence-corrected chi connectivity index (χ4v) is 4.34. The number of benzene rings is 2. The highest BCUT2D eigenvalue weighted by Crippen LogP contribution is 2.33. The van der Waals surface area contributed by atoms with Crippen LogP contribution < -0.4 is 4.74 Å². The molecule has 0 aliphatic carbocycles. The summed E-state index contributed by atoms with van der Waals surface area (Å²) in [5.74, 6) is 0.599. The second-order valence-corrected chi connectivity index (χ2v) is 7.54. The van der Waals surface area contributed by atoms with Crippen LogP contribution in [0.3, 0.4) is 0 Å². The minimum absolute atomic E-state index is 0.0895. The van der Waals surface area contributed by atoms with Gasteiger partial charge in [-0.05, 0) is 29.8 Å². The molecular weight excluding hydrogens is 363 g/mol. The van der Waals surface area contributed by atoms with Gasteiger partial charge >= 0.3 is 0 Å². The Morgan fingerprint density at radius 2 is 2.00 bits per heavy atom. The normalized spacial score (nSPS) is 13.3. The van der Waals surface area contributed by atoms with E-state index >= 15 is 0 Å². The topological polar surface area (TPSA) is 42.4 Å². The van der Waals surface area contributed by atoms with Gasteiger partial charge in [-0.1, -0.05) is 24.3 Å². The summed E-state index contributed by atoms with van der Waals surface area (Å²) in [5.41, 5.74) is 2.46. The van der Waals surface area contributed by atoms with Gasteiger partial charge in [0.05, 0.1) is 25.8 Å². The zero-order valence-corrected chi connectivity index (χ0v) is 15.8. The van der Waals surface area contributed by atoms with Crippen molar-refractivity contribution in [3.8, 4) is 16.3 Å². The molecule has 1 amide bonds. The zero-order chi connectivity index (χ0) is 18.8. The summed E-state index contributed by atoms with van der Waals surface area (Å²) in [4.78, 5) is 20.2. The SMILES string of the molecule is COc1ccc(CC(=O)N2CCc3nc(-c4ccccc4F)sc3C2)cc1. The number of nitrogens with zero attached hydrogens (tertiary/aromatic N) is 2. The summed E-state index contributed by atoms with van der Waals surface area (Å²) in [6, 6.07) is 14.2. The summed E-state index contributed by atoms with van der Waals surface area (Å²) in [6.07, 6.45) is 1.06. The Morgan fingerprint density at radius 1 is 1.22 bits per heavy atom. The maximum Gasteiger partial charge on any atom is 0.227 e. The van der Waals surface area contributed by atoms with Gasteiger partial charge in [-0.3, -0.25) is 4.79 Å². The van der Waals surface area contributed by atoms with Crippen LogP contribution >= 0.6 is 11.3 Å². The fraction of sp³-hybridized carbons (Fsp3) is 0.238. The third kappa shape index (κ3) is 3.71. The van der Waals surface area contributed by atoms with Crippen LogP contribution in [0.1, 0.15) is 16.1 Å². The van der Waals surface area contributed by atoms with E-state index in [1.54, 1.807) is 19.2 Å². The molecule has 0 saturated carbocycles. The lowest BCUT2D eigenvalue weighted by atomic mass is 10.1. The van der Waals surface area contributed by atoms with E-state index in [1.165, 1.54) is 17.4 Å². The molecule has 138 valence electrons. The average molecular weight is 382 g/mol. The number of carbonyl (C=O) groups excluding carboxylic acids is 1. The minimum Gasteiger partial charge on any atom is -0.497 e. The number of thiazole rings is 1. The van der Waals surface area contributed by atoms with Crippen molar-refractivity contribution in [2.45, 2.75) is 19.4 Å². The molecule has 4 rings (SSSR count). The third-order valence-corrected chi connectivity index (χ3v) is 5.82. The van der Waals surface area contributed by atoms with Gasteiger partial charge in [0.25, 0.3) is 0 Å². The van der Waals surface area contributed by atoms with E-state index in [2.05, 4.69) is 4.98 Å². The number of methoxy groups -OCH3 is 1. The molecule has 0 unspecified atom stereocenters. The van der Waals surface area contributed by atoms with Crippen molar-refractivity contribution in [3.05, 3.63) is 70.5 Å². The van der Waals surface area contributed by atoms with Crippen molar-refractivity contribution in [3.63, 3.8) is 0 Å². The van der Waals surface area contributed by atoms with Gasteiger partial charge < -0.3 is 9.64 Å². The van der Waals surface area contributed by atoms with Crippen molar-refractivity contribution in [2.24, 2.45) is 0 Å². The van der Waals surface area contributed by atoms with Crippen LogP contribution in [-0.4, -0.2) is 29.4 Å². The summed E-state index contributed by atoms with van der Waals surface area (Å²) >= 11 is 1.47. The summed E-state index contributed by atoms with van der Waals surface area (Å²) in [6.45, 7) is 1.18. The maximum absolute atomic E-state index is 14.0. The number of halogens is 1. The molecule has 6 heteroatoms. The fourth-order valence-electron chi connectivity index (χ4n) is 3.19. The Morgan fingerprint density at radius 3 is 2.74 bits per heavy atom. The molecule has 0 atom stereocenters. The first-order valence-corrected chi connectivity index (χ1v) is 9.60. The molecule has 2 aromatic carbocycles. The van der Waals surface area contributed by atoms with Gasteiger partial charge in [0, 0.05) is 23.4 Å². The first-order chi connectivity index (χ1) is 13.1. The number of ether oxygens (including phenoxy) is 1. The largest absolute Gasteiger partial charge is 0.497 e. The Bertz CT molecular complexity index is 969. The molecule has 0 radical (unpaired) electrons. The van der Waals surface area contributed by atoms with Crippen LogP contribution in [0.2, 0.25) is 0 Å². The summed E-state index contributed by atoms with van der Waals surface area (Å²) < 4.78 is 19.2. The number of rotatable bonds is 4. The van der Waals surface area contributed by atoms with Crippen LogP contribution in [0.15, 0.2) is 48.5 Å². The number of hydrogen-bond acceptors (Lipinski definition) is 4. The molecule has 2 heterocycles. The van der Waals surface area contributed by atoms with Crippen LogP contribution in [-0.2, 0) is 24.2 Å². The Balaban J connectivity index is 1.47. The third-order valence-electron chi connectivity index (χ3n) is 4.70. The van der Waals surface area contributed by atoms with Crippen molar-refractivity contribution in [1.29, 1.82) is 0 Å². The highest BCUT2D eigenvalue weighted by atomic mass is 32.1. The predicted octanol–water partition coefficient (Wildman–Crippen LogP) is 4.09. The van der Waals surface area contributed by atoms with E-state index in [0.29, 0.717) is 36.5 Å². The smallest absolute Gasteiger partial charge is 0.227 e. The van der Waals surface area contributed by atoms with E-state index in [-0.39, 0.29) is 11.7 Å². The molecular formula is C21H19FN2O2S. The number of hydrogen-bond donors (Lipinski definition) is 0. The van der Waals surface area contributed by atoms with Gasteiger partial charge in [-0.2, -0.15) is 0 Å². The monoisotopic (exact) mass is 382 g/mol. The first kappa shape index (κ1) is 17.7. The lowest BCUT2D eigenvalue weighted by Gasteiger charge is -2.26. The number of aromatic nitrogens is 1. The van der Waals surface area contributed by atoms with Gasteiger partial charge in [0.1, 0.15) is 16.6 Å². The van der Waals surface area contributed by atoms with E-state index in [9.17, 15) is 9.18 Å². The average Bonchev–Trinajstić information content (AvgIpc) is 3.12. The van der Waals surface area contributed by atoms with Crippen molar-refractivity contribution < 1.29 is 13.9 Å². The maximum atomic E-state index is 14.0. The Hall–Kier alpha value is -2.73. The molecule has 0 spiro atoms. The second kappa shape index (κ2) is 7.48. The highest BCUT2D eigenvalue weighted by Gasteiger charge is 2.25. The van der Waals surface area contributed by atoms with Crippen molar-refractivity contribution in [2.75, 3.05) is 13.7 Å². The van der Waals surface area contributed by atoms with Crippen LogP contribution in [0.5, 0.6) is 5.75 Å². The molecule has 0 bridgehead atoms. The van der Waals surface area contributed by atoms with Gasteiger partial charge in [0.15, 0.2) is 0 Å². The lowest BCUT2D eigenvalue weighted by molar-refractivity contribution is -0.131. The molecule has 3 aromatic rings. The van der Waals surface area contributed by atoms with Crippen LogP contribution in [0.4, 0.5) is 4.39 Å².